The molecule has 0 saturated carbocycles. The van der Waals surface area contributed by atoms with Gasteiger partial charge in [-0.2, -0.15) is 0 Å². The van der Waals surface area contributed by atoms with Gasteiger partial charge in [-0.25, -0.2) is 4.79 Å². The van der Waals surface area contributed by atoms with Gasteiger partial charge in [-0.3, -0.25) is 4.84 Å². The summed E-state index contributed by atoms with van der Waals surface area (Å²) in [6, 6.07) is 0. The molecule has 0 aliphatic rings. The number of nitrogens with zero attached hydrogens (tertiary/aromatic N) is 1. The Kier molecular flexibility index (Phi) is 23.6. The predicted molar refractivity (Wildman–Crippen MR) is 128 cm³/mol. The van der Waals surface area contributed by atoms with Gasteiger partial charge in [-0.15, -0.1) is 4.91 Å². The molecule has 0 spiro atoms. The van der Waals surface area contributed by atoms with Crippen molar-refractivity contribution < 1.29 is 9.63 Å². The molecule has 30 heavy (non-hydrogen) atoms. The van der Waals surface area contributed by atoms with Crippen LogP contribution >= 0.6 is 0 Å². The molecule has 1 unspecified atom stereocenters. The lowest BCUT2D eigenvalue weighted by Crippen LogP contribution is -2.15. The van der Waals surface area contributed by atoms with Gasteiger partial charge in [0.2, 0.25) is 0 Å². The summed E-state index contributed by atoms with van der Waals surface area (Å²) < 4.78 is 0. The maximum atomic E-state index is 12.0. The van der Waals surface area contributed by atoms with E-state index in [0.717, 1.165) is 32.1 Å². The zero-order valence-corrected chi connectivity index (χ0v) is 20.3. The van der Waals surface area contributed by atoms with E-state index in [9.17, 15) is 9.70 Å². The molecular weight excluding hydrogens is 374 g/mol. The summed E-state index contributed by atoms with van der Waals surface area (Å²) in [7, 11) is 0. The van der Waals surface area contributed by atoms with E-state index >= 15 is 0 Å². The molecule has 0 rings (SSSR count). The van der Waals surface area contributed by atoms with Gasteiger partial charge in [0.05, 0.1) is 5.92 Å². The van der Waals surface area contributed by atoms with Crippen molar-refractivity contribution in [2.24, 2.45) is 11.3 Å². The van der Waals surface area contributed by atoms with E-state index < -0.39 is 5.97 Å². The van der Waals surface area contributed by atoms with E-state index in [2.05, 4.69) is 24.0 Å². The number of carbonyl (C=O) groups is 1. The molecule has 4 heteroatoms. The summed E-state index contributed by atoms with van der Waals surface area (Å²) >= 11 is 0. The molecule has 0 amide bonds. The number of unbranched alkanes of at least 4 members (excludes halogenated alkanes) is 18. The third kappa shape index (κ3) is 20.3. The Labute approximate surface area is 187 Å². The average molecular weight is 426 g/mol. The Bertz CT molecular complexity index is 373. The first kappa shape index (κ1) is 29.1. The van der Waals surface area contributed by atoms with Gasteiger partial charge in [0.15, 0.2) is 5.34 Å². The second-order valence-corrected chi connectivity index (χ2v) is 9.12. The Morgan fingerprint density at radius 3 is 1.17 bits per heavy atom. The summed E-state index contributed by atoms with van der Waals surface area (Å²) in [5.41, 5.74) is 0. The first-order valence-corrected chi connectivity index (χ1v) is 13.3. The zero-order valence-electron chi connectivity index (χ0n) is 20.3. The van der Waals surface area contributed by atoms with Gasteiger partial charge in [-0.05, 0) is 12.8 Å². The predicted octanol–water partition coefficient (Wildman–Crippen LogP) is 9.45. The third-order valence-corrected chi connectivity index (χ3v) is 6.27. The minimum atomic E-state index is -0.423. The molecular formula is C26H51NO3. The lowest BCUT2D eigenvalue weighted by molar-refractivity contribution is -0.149. The van der Waals surface area contributed by atoms with Crippen LogP contribution in [0, 0.1) is 10.8 Å². The molecule has 0 saturated heterocycles. The van der Waals surface area contributed by atoms with Crippen LogP contribution in [-0.2, 0) is 9.63 Å². The van der Waals surface area contributed by atoms with Gasteiger partial charge < -0.3 is 0 Å². The number of carbonyl (C=O) groups excluding carboxylic acids is 1. The van der Waals surface area contributed by atoms with E-state index in [1.807, 2.05) is 0 Å². The van der Waals surface area contributed by atoms with Crippen LogP contribution < -0.4 is 0 Å². The summed E-state index contributed by atoms with van der Waals surface area (Å²) in [5.74, 6) is -0.570. The highest BCUT2D eigenvalue weighted by atomic mass is 16.7. The highest BCUT2D eigenvalue weighted by Gasteiger charge is 2.20. The van der Waals surface area contributed by atoms with Gasteiger partial charge in [0, 0.05) is 0 Å². The fourth-order valence-electron chi connectivity index (χ4n) is 4.25. The van der Waals surface area contributed by atoms with E-state index in [4.69, 9.17) is 0 Å². The Hall–Kier alpha value is -0.930. The van der Waals surface area contributed by atoms with Crippen molar-refractivity contribution in [2.45, 2.75) is 155 Å². The molecule has 0 bridgehead atoms. The van der Waals surface area contributed by atoms with E-state index in [1.165, 1.54) is 109 Å². The maximum Gasteiger partial charge on any atom is 0.341 e. The minimum Gasteiger partial charge on any atom is -0.284 e. The fourth-order valence-corrected chi connectivity index (χ4v) is 4.25. The monoisotopic (exact) mass is 425 g/mol. The lowest BCUT2D eigenvalue weighted by Gasteiger charge is -2.13. The van der Waals surface area contributed by atoms with Crippen molar-refractivity contribution in [2.75, 3.05) is 0 Å². The van der Waals surface area contributed by atoms with Crippen molar-refractivity contribution in [3.63, 3.8) is 0 Å². The van der Waals surface area contributed by atoms with E-state index in [-0.39, 0.29) is 5.92 Å². The molecule has 0 aliphatic carbocycles. The molecule has 0 aromatic rings. The van der Waals surface area contributed by atoms with Crippen molar-refractivity contribution in [1.29, 1.82) is 0 Å². The molecule has 1 atom stereocenters. The topological polar surface area (TPSA) is 55.7 Å². The van der Waals surface area contributed by atoms with Crippen molar-refractivity contribution >= 4 is 5.97 Å². The molecule has 178 valence electrons. The number of hydrogen-bond donors (Lipinski definition) is 0. The zero-order chi connectivity index (χ0) is 22.1. The standard InChI is InChI=1S/C26H51NO3/c1-3-5-7-9-11-12-13-14-15-16-17-18-20-22-24-25(26(28)30-27-29)23-21-19-10-8-6-4-2/h25H,3-24H2,1-2H3. The first-order chi connectivity index (χ1) is 14.8. The van der Waals surface area contributed by atoms with E-state index in [0.29, 0.717) is 0 Å². The Morgan fingerprint density at radius 1 is 0.567 bits per heavy atom. The molecule has 0 fully saturated rings. The molecule has 4 nitrogen and oxygen atoms in total. The Morgan fingerprint density at radius 2 is 0.867 bits per heavy atom. The molecule has 0 heterocycles. The van der Waals surface area contributed by atoms with Crippen LogP contribution in [0.15, 0.2) is 5.34 Å². The SMILES string of the molecule is CCCCCCCCCCCCCCCCC(CCCCCCCC)C(=O)ON=O. The highest BCUT2D eigenvalue weighted by molar-refractivity contribution is 5.72. The third-order valence-electron chi connectivity index (χ3n) is 6.27. The van der Waals surface area contributed by atoms with Crippen molar-refractivity contribution in [3.05, 3.63) is 4.91 Å². The van der Waals surface area contributed by atoms with E-state index in [1.54, 1.807) is 0 Å². The Balaban J connectivity index is 3.61. The van der Waals surface area contributed by atoms with Crippen LogP contribution in [0.2, 0.25) is 0 Å². The molecule has 0 aliphatic heterocycles. The fraction of sp³-hybridized carbons (Fsp3) is 0.962. The summed E-state index contributed by atoms with van der Waals surface area (Å²) in [5, 5.41) is 2.34. The number of hydrogen-bond acceptors (Lipinski definition) is 4. The normalized spacial score (nSPS) is 12.1. The molecule has 0 aromatic heterocycles. The van der Waals surface area contributed by atoms with Crippen LogP contribution in [0.5, 0.6) is 0 Å². The van der Waals surface area contributed by atoms with Crippen LogP contribution in [-0.4, -0.2) is 5.97 Å². The molecule has 0 radical (unpaired) electrons. The average Bonchev–Trinajstić information content (AvgIpc) is 2.75. The highest BCUT2D eigenvalue weighted by Crippen LogP contribution is 2.21. The van der Waals surface area contributed by atoms with Crippen molar-refractivity contribution in [3.8, 4) is 0 Å². The smallest absolute Gasteiger partial charge is 0.284 e. The first-order valence-electron chi connectivity index (χ1n) is 13.3. The summed E-state index contributed by atoms with van der Waals surface area (Å²) in [6.45, 7) is 4.49. The quantitative estimate of drug-likeness (QED) is 0.0878. The van der Waals surface area contributed by atoms with Gasteiger partial charge in [-0.1, -0.05) is 142 Å². The van der Waals surface area contributed by atoms with Crippen molar-refractivity contribution in [1.82, 2.24) is 0 Å². The van der Waals surface area contributed by atoms with Crippen LogP contribution in [0.25, 0.3) is 0 Å². The maximum absolute atomic E-state index is 12.0. The number of rotatable bonds is 24. The largest absolute Gasteiger partial charge is 0.341 e. The minimum absolute atomic E-state index is 0.147. The lowest BCUT2D eigenvalue weighted by atomic mass is 9.94. The summed E-state index contributed by atoms with van der Waals surface area (Å²) in [4.78, 5) is 26.6. The summed E-state index contributed by atoms with van der Waals surface area (Å²) in [6.07, 6.45) is 27.6. The second kappa shape index (κ2) is 24.3. The molecule has 0 aromatic carbocycles. The van der Waals surface area contributed by atoms with Gasteiger partial charge >= 0.3 is 5.97 Å². The van der Waals surface area contributed by atoms with Gasteiger partial charge in [0.1, 0.15) is 0 Å². The van der Waals surface area contributed by atoms with Crippen LogP contribution in [0.1, 0.15) is 155 Å². The van der Waals surface area contributed by atoms with Crippen LogP contribution in [0.3, 0.4) is 0 Å². The van der Waals surface area contributed by atoms with Crippen LogP contribution in [0.4, 0.5) is 0 Å². The molecule has 0 N–H and O–H groups in total. The van der Waals surface area contributed by atoms with Gasteiger partial charge in [0.25, 0.3) is 0 Å². The second-order valence-electron chi connectivity index (χ2n) is 9.12.